The Labute approximate surface area is 234 Å². The number of pyridine rings is 1. The number of benzene rings is 2. The fraction of sp³-hybridized carbons (Fsp3) is 0.185. The minimum Gasteiger partial charge on any atom is -0.330 e. The van der Waals surface area contributed by atoms with Crippen LogP contribution in [0, 0.1) is 5.82 Å². The second-order valence-electron chi connectivity index (χ2n) is 9.42. The van der Waals surface area contributed by atoms with E-state index >= 15 is 0 Å². The van der Waals surface area contributed by atoms with Crippen molar-refractivity contribution in [2.24, 2.45) is 12.2 Å². The number of fused-ring (bicyclic) bond motifs is 1. The molecule has 1 aliphatic rings. The molecular weight excluding hydrogens is 564 g/mol. The lowest BCUT2D eigenvalue weighted by atomic mass is 9.94. The molecule has 0 radical (unpaired) electrons. The van der Waals surface area contributed by atoms with Gasteiger partial charge in [-0.05, 0) is 61.2 Å². The Morgan fingerprint density at radius 2 is 1.95 bits per heavy atom. The minimum absolute atomic E-state index is 0.0111. The van der Waals surface area contributed by atoms with Gasteiger partial charge in [-0.25, -0.2) is 8.60 Å². The first-order valence-electron chi connectivity index (χ1n) is 11.9. The molecule has 12 heteroatoms. The number of H-pyrrole nitrogens is 1. The van der Waals surface area contributed by atoms with Crippen LogP contribution in [0.2, 0.25) is 10.0 Å². The zero-order chi connectivity index (χ0) is 28.2. The van der Waals surface area contributed by atoms with Gasteiger partial charge in [-0.3, -0.25) is 19.4 Å². The van der Waals surface area contributed by atoms with Crippen molar-refractivity contribution >= 4 is 44.7 Å². The lowest BCUT2D eigenvalue weighted by molar-refractivity contribution is 0.0673. The van der Waals surface area contributed by atoms with Crippen LogP contribution < -0.4 is 10.7 Å². The Hall–Kier alpha value is -3.44. The quantitative estimate of drug-likeness (QED) is 0.340. The molecule has 0 fully saturated rings. The summed E-state index contributed by atoms with van der Waals surface area (Å²) in [5.41, 5.74) is 3.49. The number of rotatable bonds is 4. The van der Waals surface area contributed by atoms with E-state index < -0.39 is 27.5 Å². The van der Waals surface area contributed by atoms with Gasteiger partial charge in [-0.1, -0.05) is 23.2 Å². The fourth-order valence-corrected chi connectivity index (χ4v) is 6.22. The summed E-state index contributed by atoms with van der Waals surface area (Å²) in [5.74, 6) is 2.48. The summed E-state index contributed by atoms with van der Waals surface area (Å²) < 4.78 is 28.8. The summed E-state index contributed by atoms with van der Waals surface area (Å²) in [6.07, 6.45) is 1.87. The van der Waals surface area contributed by atoms with Gasteiger partial charge in [0.05, 0.1) is 37.7 Å². The zero-order valence-corrected chi connectivity index (χ0v) is 23.3. The van der Waals surface area contributed by atoms with E-state index in [9.17, 15) is 18.2 Å². The molecule has 4 aromatic rings. The topological polar surface area (TPSA) is 114 Å². The maximum atomic E-state index is 14.7. The molecule has 0 bridgehead atoms. The van der Waals surface area contributed by atoms with Crippen LogP contribution in [-0.4, -0.2) is 42.2 Å². The van der Waals surface area contributed by atoms with Crippen molar-refractivity contribution < 1.29 is 13.4 Å². The number of hydrogen-bond acceptors (Lipinski definition) is 4. The zero-order valence-electron chi connectivity index (χ0n) is 21.0. The fourth-order valence-electron chi connectivity index (χ4n) is 4.97. The number of carbonyl (C=O) groups is 1. The Kier molecular flexibility index (Phi) is 6.92. The molecule has 0 aliphatic carbocycles. The number of carbonyl (C=O) groups excluding carboxylic acids is 1. The van der Waals surface area contributed by atoms with Crippen LogP contribution in [0.1, 0.15) is 34.6 Å². The Morgan fingerprint density at radius 1 is 1.21 bits per heavy atom. The second kappa shape index (κ2) is 9.95. The Morgan fingerprint density at radius 3 is 2.62 bits per heavy atom. The monoisotopic (exact) mass is 587 g/mol. The minimum atomic E-state index is -3.00. The third-order valence-corrected chi connectivity index (χ3v) is 8.47. The lowest BCUT2D eigenvalue weighted by Gasteiger charge is -2.33. The summed E-state index contributed by atoms with van der Waals surface area (Å²) in [6, 6.07) is 9.64. The number of aromatic amines is 1. The van der Waals surface area contributed by atoms with Gasteiger partial charge in [0.1, 0.15) is 5.82 Å². The number of nitrogens with zero attached hydrogens (tertiary/aromatic N) is 3. The van der Waals surface area contributed by atoms with Gasteiger partial charge in [0.2, 0.25) is 5.56 Å². The van der Waals surface area contributed by atoms with Gasteiger partial charge in [-0.15, -0.1) is 0 Å². The molecule has 0 saturated carbocycles. The molecule has 8 nitrogen and oxygen atoms in total. The molecule has 5 rings (SSSR count). The van der Waals surface area contributed by atoms with Crippen molar-refractivity contribution in [1.82, 2.24) is 19.7 Å². The van der Waals surface area contributed by atoms with Crippen LogP contribution in [0.4, 0.5) is 4.39 Å². The standard InChI is InChI=1S/C27H24Cl2FN5O3S/c1-14-25-20(26(34(2)33-25)16-8-17(28)10-19(9-16)39(3,31)38)6-7-35(14)27(37)22-12-18(30)11-21(24(22)29)15-4-5-23(36)32-13-15/h4-5,8-14H,3,6-7H2,1-2H3,(H2,31,38)(H,32,36). The first kappa shape index (κ1) is 27.1. The number of aromatic nitrogens is 3. The molecule has 39 heavy (non-hydrogen) atoms. The highest BCUT2D eigenvalue weighted by Gasteiger charge is 2.34. The van der Waals surface area contributed by atoms with Crippen molar-refractivity contribution in [2.45, 2.75) is 24.3 Å². The summed E-state index contributed by atoms with van der Waals surface area (Å²) >= 11 is 12.9. The van der Waals surface area contributed by atoms with E-state index in [0.717, 1.165) is 17.3 Å². The number of nitrogens with two attached hydrogens (primary N) is 1. The van der Waals surface area contributed by atoms with Crippen LogP contribution in [-0.2, 0) is 23.2 Å². The van der Waals surface area contributed by atoms with Crippen molar-refractivity contribution in [3.63, 3.8) is 0 Å². The largest absolute Gasteiger partial charge is 0.330 e. The van der Waals surface area contributed by atoms with Crippen molar-refractivity contribution in [2.75, 3.05) is 6.54 Å². The molecule has 3 heterocycles. The summed E-state index contributed by atoms with van der Waals surface area (Å²) in [6.45, 7) is 2.16. The van der Waals surface area contributed by atoms with Crippen molar-refractivity contribution in [3.8, 4) is 22.4 Å². The van der Waals surface area contributed by atoms with Gasteiger partial charge in [0.15, 0.2) is 0 Å². The van der Waals surface area contributed by atoms with Crippen molar-refractivity contribution in [1.29, 1.82) is 0 Å². The van der Waals surface area contributed by atoms with Crippen LogP contribution in [0.25, 0.3) is 22.4 Å². The molecule has 2 unspecified atom stereocenters. The van der Waals surface area contributed by atoms with E-state index in [-0.39, 0.29) is 16.1 Å². The predicted molar refractivity (Wildman–Crippen MR) is 152 cm³/mol. The van der Waals surface area contributed by atoms with Crippen LogP contribution in [0.5, 0.6) is 0 Å². The van der Waals surface area contributed by atoms with Gasteiger partial charge in [-0.2, -0.15) is 5.10 Å². The van der Waals surface area contributed by atoms with Crippen LogP contribution in [0.3, 0.4) is 0 Å². The van der Waals surface area contributed by atoms with Crippen LogP contribution in [0.15, 0.2) is 58.4 Å². The Balaban J connectivity index is 1.53. The van der Waals surface area contributed by atoms with E-state index in [1.165, 1.54) is 30.5 Å². The molecule has 0 saturated heterocycles. The average Bonchev–Trinajstić information content (AvgIpc) is 3.21. The Bertz CT molecular complexity index is 1800. The summed E-state index contributed by atoms with van der Waals surface area (Å²) in [5, 5.41) is 10.9. The first-order valence-corrected chi connectivity index (χ1v) is 14.4. The summed E-state index contributed by atoms with van der Waals surface area (Å²) in [7, 11) is -1.22. The molecule has 2 aromatic carbocycles. The van der Waals surface area contributed by atoms with E-state index in [1.54, 1.807) is 28.8 Å². The highest BCUT2D eigenvalue weighted by atomic mass is 35.5. The molecule has 2 atom stereocenters. The number of hydrogen-bond donors (Lipinski definition) is 2. The number of amides is 1. The third-order valence-electron chi connectivity index (χ3n) is 6.81. The average molecular weight is 588 g/mol. The maximum Gasteiger partial charge on any atom is 0.256 e. The first-order chi connectivity index (χ1) is 18.3. The van der Waals surface area contributed by atoms with Gasteiger partial charge in [0, 0.05) is 52.5 Å². The molecule has 0 spiro atoms. The molecule has 3 N–H and O–H groups in total. The van der Waals surface area contributed by atoms with E-state index in [0.29, 0.717) is 45.3 Å². The van der Waals surface area contributed by atoms with Gasteiger partial charge >= 0.3 is 0 Å². The number of aryl methyl sites for hydroxylation is 1. The van der Waals surface area contributed by atoms with Crippen molar-refractivity contribution in [3.05, 3.63) is 91.7 Å². The number of nitrogens with one attached hydrogen (secondary N) is 1. The molecule has 202 valence electrons. The molecule has 2 aromatic heterocycles. The third kappa shape index (κ3) is 5.00. The predicted octanol–water partition coefficient (Wildman–Crippen LogP) is 4.60. The van der Waals surface area contributed by atoms with E-state index in [1.807, 2.05) is 6.92 Å². The molecular formula is C27H24Cl2FN5O3S. The SMILES string of the molecule is C=S(N)(=O)c1cc(Cl)cc(-c2c3c(nn2C)C(C)N(C(=O)c2cc(F)cc(-c4ccc(=O)[nH]c4)c2Cl)CC3)c1. The van der Waals surface area contributed by atoms with Gasteiger partial charge in [0.25, 0.3) is 5.91 Å². The highest BCUT2D eigenvalue weighted by Crippen LogP contribution is 2.39. The highest BCUT2D eigenvalue weighted by molar-refractivity contribution is 7.98. The van der Waals surface area contributed by atoms with Gasteiger partial charge < -0.3 is 9.88 Å². The normalized spacial score (nSPS) is 16.6. The maximum absolute atomic E-state index is 14.7. The van der Waals surface area contributed by atoms with Crippen LogP contribution >= 0.6 is 23.2 Å². The second-order valence-corrected chi connectivity index (χ2v) is 12.2. The van der Waals surface area contributed by atoms with E-state index in [4.69, 9.17) is 33.4 Å². The molecule has 1 aliphatic heterocycles. The molecule has 1 amide bonds. The van der Waals surface area contributed by atoms with E-state index in [2.05, 4.69) is 10.9 Å². The summed E-state index contributed by atoms with van der Waals surface area (Å²) in [4.78, 5) is 29.6. The smallest absolute Gasteiger partial charge is 0.256 e. The number of halogens is 3. The lowest BCUT2D eigenvalue weighted by Crippen LogP contribution is -2.39.